The molecule has 55 heavy (non-hydrogen) atoms. The van der Waals surface area contributed by atoms with Crippen molar-refractivity contribution in [1.29, 1.82) is 0 Å². The standard InChI is InChI=1S/C45H86NO8P/c1-3-5-7-9-11-13-15-17-19-20-21-22-24-26-28-30-32-34-36-38-45(48)54-43(42-53-55(49,50)52-40-39-46)41-51-44(47)37-35-33-31-29-27-25-23-18-16-14-12-10-8-6-4-2/h17,19,25,27,43H,3-16,18,20-24,26,28-42,46H2,1-2H3,(H,49,50)/b19-17+,27-25+/t43-/m1/s1. The van der Waals surface area contributed by atoms with Gasteiger partial charge in [0.15, 0.2) is 6.10 Å². The van der Waals surface area contributed by atoms with Gasteiger partial charge in [-0.1, -0.05) is 167 Å². The predicted molar refractivity (Wildman–Crippen MR) is 229 cm³/mol. The minimum Gasteiger partial charge on any atom is -0.462 e. The highest BCUT2D eigenvalue weighted by atomic mass is 31.2. The molecule has 0 amide bonds. The fourth-order valence-corrected chi connectivity index (χ4v) is 7.15. The SMILES string of the molecule is CCCCCCCC/C=C/CCCCCCCCCCCC(=O)O[C@H](COC(=O)CCCCC/C=C/CCCCCCCCCC)COP(=O)(O)OCCN. The molecule has 0 spiro atoms. The smallest absolute Gasteiger partial charge is 0.462 e. The largest absolute Gasteiger partial charge is 0.472 e. The molecule has 0 radical (unpaired) electrons. The molecule has 0 heterocycles. The van der Waals surface area contributed by atoms with Gasteiger partial charge in [-0.15, -0.1) is 0 Å². The molecule has 3 N–H and O–H groups in total. The number of phosphoric acid groups is 1. The first kappa shape index (κ1) is 53.5. The summed E-state index contributed by atoms with van der Waals surface area (Å²) in [6, 6.07) is 0. The summed E-state index contributed by atoms with van der Waals surface area (Å²) < 4.78 is 32.8. The van der Waals surface area contributed by atoms with Crippen molar-refractivity contribution < 1.29 is 37.6 Å². The molecule has 0 aromatic heterocycles. The Morgan fingerprint density at radius 3 is 1.31 bits per heavy atom. The van der Waals surface area contributed by atoms with Crippen molar-refractivity contribution in [3.63, 3.8) is 0 Å². The number of hydrogen-bond acceptors (Lipinski definition) is 8. The highest BCUT2D eigenvalue weighted by molar-refractivity contribution is 7.47. The summed E-state index contributed by atoms with van der Waals surface area (Å²) in [5, 5.41) is 0. The summed E-state index contributed by atoms with van der Waals surface area (Å²) in [5.41, 5.74) is 5.35. The molecule has 0 aliphatic carbocycles. The van der Waals surface area contributed by atoms with Crippen molar-refractivity contribution in [1.82, 2.24) is 0 Å². The maximum Gasteiger partial charge on any atom is 0.472 e. The van der Waals surface area contributed by atoms with Crippen LogP contribution < -0.4 is 5.73 Å². The second-order valence-corrected chi connectivity index (χ2v) is 16.7. The zero-order valence-corrected chi connectivity index (χ0v) is 36.6. The third-order valence-electron chi connectivity index (χ3n) is 9.81. The molecular weight excluding hydrogens is 713 g/mol. The number of carbonyl (C=O) groups is 2. The average molecular weight is 800 g/mol. The first-order valence-corrected chi connectivity index (χ1v) is 24.3. The Hall–Kier alpha value is -1.51. The summed E-state index contributed by atoms with van der Waals surface area (Å²) in [4.78, 5) is 34.9. The topological polar surface area (TPSA) is 134 Å². The van der Waals surface area contributed by atoms with Gasteiger partial charge in [0, 0.05) is 19.4 Å². The van der Waals surface area contributed by atoms with Gasteiger partial charge in [-0.3, -0.25) is 18.6 Å². The maximum absolute atomic E-state index is 12.6. The number of unbranched alkanes of at least 4 members (excludes halogenated alkanes) is 26. The van der Waals surface area contributed by atoms with Crippen molar-refractivity contribution >= 4 is 19.8 Å². The monoisotopic (exact) mass is 800 g/mol. The number of esters is 2. The average Bonchev–Trinajstić information content (AvgIpc) is 3.17. The van der Waals surface area contributed by atoms with Gasteiger partial charge in [0.1, 0.15) is 6.61 Å². The van der Waals surface area contributed by atoms with Gasteiger partial charge in [0.25, 0.3) is 0 Å². The van der Waals surface area contributed by atoms with Crippen LogP contribution in [-0.4, -0.2) is 49.3 Å². The van der Waals surface area contributed by atoms with Crippen molar-refractivity contribution in [2.45, 2.75) is 225 Å². The van der Waals surface area contributed by atoms with E-state index in [0.29, 0.717) is 12.8 Å². The van der Waals surface area contributed by atoms with Gasteiger partial charge in [-0.2, -0.15) is 0 Å². The van der Waals surface area contributed by atoms with E-state index in [1.54, 1.807) is 0 Å². The van der Waals surface area contributed by atoms with Crippen LogP contribution in [0.25, 0.3) is 0 Å². The van der Waals surface area contributed by atoms with Gasteiger partial charge in [-0.05, 0) is 64.2 Å². The second-order valence-electron chi connectivity index (χ2n) is 15.3. The number of rotatable bonds is 43. The lowest BCUT2D eigenvalue weighted by Crippen LogP contribution is -2.29. The Balaban J connectivity index is 4.12. The lowest BCUT2D eigenvalue weighted by Gasteiger charge is -2.19. The van der Waals surface area contributed by atoms with Gasteiger partial charge in [0.2, 0.25) is 0 Å². The number of allylic oxidation sites excluding steroid dienone is 4. The third-order valence-corrected chi connectivity index (χ3v) is 10.8. The van der Waals surface area contributed by atoms with Gasteiger partial charge in [-0.25, -0.2) is 4.57 Å². The molecule has 0 rings (SSSR count). The first-order valence-electron chi connectivity index (χ1n) is 22.8. The Kier molecular flexibility index (Phi) is 40.9. The molecule has 0 saturated heterocycles. The molecule has 0 saturated carbocycles. The van der Waals surface area contributed by atoms with Crippen LogP contribution in [0.15, 0.2) is 24.3 Å². The summed E-state index contributed by atoms with van der Waals surface area (Å²) >= 11 is 0. The molecule has 0 bridgehead atoms. The van der Waals surface area contributed by atoms with E-state index in [0.717, 1.165) is 44.9 Å². The summed E-state index contributed by atoms with van der Waals surface area (Å²) in [6.07, 6.45) is 44.9. The van der Waals surface area contributed by atoms with E-state index in [4.69, 9.17) is 24.3 Å². The molecule has 0 aliphatic rings. The molecule has 10 heteroatoms. The fourth-order valence-electron chi connectivity index (χ4n) is 6.39. The van der Waals surface area contributed by atoms with Gasteiger partial charge >= 0.3 is 19.8 Å². The summed E-state index contributed by atoms with van der Waals surface area (Å²) in [7, 11) is -4.38. The van der Waals surface area contributed by atoms with E-state index >= 15 is 0 Å². The van der Waals surface area contributed by atoms with Crippen molar-refractivity contribution in [2.24, 2.45) is 5.73 Å². The molecule has 0 fully saturated rings. The maximum atomic E-state index is 12.6. The minimum absolute atomic E-state index is 0.0524. The van der Waals surface area contributed by atoms with E-state index in [2.05, 4.69) is 38.2 Å². The molecular formula is C45H86NO8P. The van der Waals surface area contributed by atoms with Crippen molar-refractivity contribution in [3.05, 3.63) is 24.3 Å². The highest BCUT2D eigenvalue weighted by Crippen LogP contribution is 2.43. The van der Waals surface area contributed by atoms with E-state index in [-0.39, 0.29) is 32.6 Å². The van der Waals surface area contributed by atoms with E-state index in [9.17, 15) is 19.0 Å². The van der Waals surface area contributed by atoms with Crippen LogP contribution in [0.1, 0.15) is 219 Å². The van der Waals surface area contributed by atoms with Crippen LogP contribution in [0.2, 0.25) is 0 Å². The molecule has 1 unspecified atom stereocenters. The second kappa shape index (κ2) is 42.1. The lowest BCUT2D eigenvalue weighted by molar-refractivity contribution is -0.161. The first-order chi connectivity index (χ1) is 26.8. The van der Waals surface area contributed by atoms with Crippen LogP contribution in [0.4, 0.5) is 0 Å². The number of carbonyl (C=O) groups excluding carboxylic acids is 2. The van der Waals surface area contributed by atoms with Crippen LogP contribution in [-0.2, 0) is 32.7 Å². The van der Waals surface area contributed by atoms with E-state index < -0.39 is 32.5 Å². The Morgan fingerprint density at radius 2 is 0.891 bits per heavy atom. The molecule has 324 valence electrons. The van der Waals surface area contributed by atoms with Gasteiger partial charge in [0.05, 0.1) is 13.2 Å². The minimum atomic E-state index is -4.38. The normalized spacial score (nSPS) is 13.5. The highest BCUT2D eigenvalue weighted by Gasteiger charge is 2.26. The number of ether oxygens (including phenoxy) is 2. The lowest BCUT2D eigenvalue weighted by atomic mass is 10.1. The van der Waals surface area contributed by atoms with Crippen LogP contribution in [0, 0.1) is 0 Å². The molecule has 9 nitrogen and oxygen atoms in total. The summed E-state index contributed by atoms with van der Waals surface area (Å²) in [6.45, 7) is 3.73. The summed E-state index contributed by atoms with van der Waals surface area (Å²) in [5.74, 6) is -0.842. The van der Waals surface area contributed by atoms with E-state index in [1.807, 2.05) is 0 Å². The Morgan fingerprint density at radius 1 is 0.527 bits per heavy atom. The van der Waals surface area contributed by atoms with E-state index in [1.165, 1.54) is 135 Å². The number of hydrogen-bond donors (Lipinski definition) is 2. The molecule has 0 aromatic carbocycles. The van der Waals surface area contributed by atoms with Crippen LogP contribution in [0.3, 0.4) is 0 Å². The fraction of sp³-hybridized carbons (Fsp3) is 0.867. The Bertz CT molecular complexity index is 959. The number of phosphoric ester groups is 1. The van der Waals surface area contributed by atoms with Gasteiger partial charge < -0.3 is 20.1 Å². The zero-order chi connectivity index (χ0) is 40.3. The molecule has 2 atom stereocenters. The molecule has 0 aromatic rings. The Labute approximate surface area is 338 Å². The quantitative estimate of drug-likeness (QED) is 0.0267. The zero-order valence-electron chi connectivity index (χ0n) is 35.7. The van der Waals surface area contributed by atoms with Crippen LogP contribution in [0.5, 0.6) is 0 Å². The third kappa shape index (κ3) is 41.9. The predicted octanol–water partition coefficient (Wildman–Crippen LogP) is 13.2. The number of nitrogens with two attached hydrogens (primary N) is 1. The molecule has 0 aliphatic heterocycles. The van der Waals surface area contributed by atoms with Crippen LogP contribution >= 0.6 is 7.82 Å². The van der Waals surface area contributed by atoms with Crippen molar-refractivity contribution in [3.8, 4) is 0 Å². The van der Waals surface area contributed by atoms with Crippen molar-refractivity contribution in [2.75, 3.05) is 26.4 Å².